The molecule has 0 aliphatic heterocycles. The number of hydrogen-bond acceptors (Lipinski definition) is 7. The van der Waals surface area contributed by atoms with Crippen LogP contribution in [0.3, 0.4) is 0 Å². The van der Waals surface area contributed by atoms with Crippen LogP contribution in [0, 0.1) is 0 Å². The third-order valence-electron chi connectivity index (χ3n) is 3.38. The molecule has 152 valence electrons. The van der Waals surface area contributed by atoms with Gasteiger partial charge in [-0.1, -0.05) is 0 Å². The lowest BCUT2D eigenvalue weighted by atomic mass is 10.5. The topological polar surface area (TPSA) is 86.3 Å². The van der Waals surface area contributed by atoms with Crippen molar-refractivity contribution >= 4 is 13.2 Å². The second kappa shape index (κ2) is 20.0. The van der Waals surface area contributed by atoms with Gasteiger partial charge in [-0.3, -0.25) is 0 Å². The number of carboxylic acids is 1. The van der Waals surface area contributed by atoms with E-state index in [0.717, 1.165) is 13.2 Å². The molecule has 0 aliphatic carbocycles. The molecule has 0 saturated heterocycles. The Morgan fingerprint density at radius 2 is 1.24 bits per heavy atom. The van der Waals surface area contributed by atoms with Crippen molar-refractivity contribution in [3.63, 3.8) is 0 Å². The van der Waals surface area contributed by atoms with Crippen LogP contribution in [0.15, 0.2) is 0 Å². The zero-order chi connectivity index (χ0) is 19.4. The van der Waals surface area contributed by atoms with Gasteiger partial charge in [-0.05, 0) is 6.92 Å². The Morgan fingerprint density at radius 1 is 0.800 bits per heavy atom. The van der Waals surface area contributed by atoms with Gasteiger partial charge in [0, 0.05) is 47.2 Å². The van der Waals surface area contributed by atoms with E-state index in [9.17, 15) is 9.90 Å². The molecule has 0 atom stereocenters. The third-order valence-corrected chi connectivity index (χ3v) is 6.49. The molecule has 0 aromatic heterocycles. The maximum absolute atomic E-state index is 9.93. The summed E-state index contributed by atoms with van der Waals surface area (Å²) >= 11 is 0. The van der Waals surface area contributed by atoms with Crippen molar-refractivity contribution in [1.29, 1.82) is 0 Å². The van der Waals surface area contributed by atoms with Crippen molar-refractivity contribution in [3.05, 3.63) is 0 Å². The number of hydrogen-bond donors (Lipinski definition) is 0. The van der Waals surface area contributed by atoms with E-state index in [2.05, 4.69) is 20.3 Å². The highest BCUT2D eigenvalue weighted by molar-refractivity contribution is 7.74. The van der Waals surface area contributed by atoms with Gasteiger partial charge in [0.1, 0.15) is 0 Å². The molecule has 8 heteroatoms. The average molecular weight is 384 g/mol. The average Bonchev–Trinajstić information content (AvgIpc) is 2.57. The number of carbonyl (C=O) groups is 1. The van der Waals surface area contributed by atoms with E-state index in [-0.39, 0.29) is 13.0 Å². The quantitative estimate of drug-likeness (QED) is 0.287. The predicted octanol–water partition coefficient (Wildman–Crippen LogP) is 0.753. The van der Waals surface area contributed by atoms with E-state index in [0.29, 0.717) is 33.0 Å². The molecular weight excluding hydrogens is 347 g/mol. The molecule has 7 nitrogen and oxygen atoms in total. The maximum Gasteiger partial charge on any atom is 0.0822 e. The summed E-state index contributed by atoms with van der Waals surface area (Å²) in [6.07, 6.45) is 2.49. The van der Waals surface area contributed by atoms with Gasteiger partial charge in [0.25, 0.3) is 0 Å². The molecule has 0 fully saturated rings. The number of methoxy groups -OCH3 is 2. The Balaban J connectivity index is 0. The standard InChI is InChI=1S/C9H22O2P.C8H16O5/c1-5-12(3,4)9-8-11-7-6-10-2;1-11-4-5-13-7-6-12-3-2-8(9)10/h5-9H2,1-4H3;2-7H2,1H3,(H,9,10)/q+1;/p-1. The van der Waals surface area contributed by atoms with Crippen molar-refractivity contribution in [2.24, 2.45) is 0 Å². The first-order valence-electron chi connectivity index (χ1n) is 8.62. The molecule has 0 aromatic rings. The van der Waals surface area contributed by atoms with Crippen LogP contribution in [0.4, 0.5) is 0 Å². The van der Waals surface area contributed by atoms with Gasteiger partial charge >= 0.3 is 0 Å². The zero-order valence-electron chi connectivity index (χ0n) is 16.6. The lowest BCUT2D eigenvalue weighted by Crippen LogP contribution is -2.23. The predicted molar refractivity (Wildman–Crippen MR) is 100 cm³/mol. The molecule has 0 aliphatic rings. The normalized spacial score (nSPS) is 11.1. The first-order valence-corrected chi connectivity index (χ1v) is 11.7. The molecule has 25 heavy (non-hydrogen) atoms. The smallest absolute Gasteiger partial charge is 0.0822 e. The number of ether oxygens (including phenoxy) is 5. The molecule has 0 saturated carbocycles. The molecule has 0 rings (SSSR count). The summed E-state index contributed by atoms with van der Waals surface area (Å²) in [7, 11) is 2.66. The summed E-state index contributed by atoms with van der Waals surface area (Å²) in [5.41, 5.74) is 0. The fourth-order valence-corrected chi connectivity index (χ4v) is 2.27. The minimum Gasteiger partial charge on any atom is -0.550 e. The summed E-state index contributed by atoms with van der Waals surface area (Å²) in [5.74, 6) is -1.10. The molecular formula is C17H37O7P. The largest absolute Gasteiger partial charge is 0.550 e. The van der Waals surface area contributed by atoms with Crippen LogP contribution in [-0.2, 0) is 28.5 Å². The Labute approximate surface area is 153 Å². The fraction of sp³-hybridized carbons (Fsp3) is 0.941. The number of carboxylic acid groups (broad SMARTS) is 1. The Kier molecular flexibility index (Phi) is 21.6. The molecule has 0 bridgehead atoms. The van der Waals surface area contributed by atoms with Gasteiger partial charge in [-0.15, -0.1) is 0 Å². The first-order chi connectivity index (χ1) is 11.9. The van der Waals surface area contributed by atoms with E-state index < -0.39 is 13.2 Å². The highest BCUT2D eigenvalue weighted by atomic mass is 31.2. The van der Waals surface area contributed by atoms with Crippen molar-refractivity contribution in [2.75, 3.05) is 92.7 Å². The van der Waals surface area contributed by atoms with Crippen LogP contribution >= 0.6 is 7.26 Å². The second-order valence-corrected chi connectivity index (χ2v) is 10.9. The summed E-state index contributed by atoms with van der Waals surface area (Å²) in [6, 6.07) is 0. The third kappa shape index (κ3) is 26.0. The van der Waals surface area contributed by atoms with Gasteiger partial charge < -0.3 is 33.6 Å². The minimum atomic E-state index is -1.10. The molecule has 0 spiro atoms. The number of aliphatic carboxylic acids is 1. The molecule has 0 amide bonds. The zero-order valence-corrected chi connectivity index (χ0v) is 17.5. The van der Waals surface area contributed by atoms with Gasteiger partial charge in [0.15, 0.2) is 0 Å². The van der Waals surface area contributed by atoms with Crippen LogP contribution in [-0.4, -0.2) is 98.7 Å². The summed E-state index contributed by atoms with van der Waals surface area (Å²) in [5, 5.41) is 9.93. The highest BCUT2D eigenvalue weighted by Gasteiger charge is 2.20. The first kappa shape index (κ1) is 26.9. The fourth-order valence-electron chi connectivity index (χ4n) is 1.33. The molecule has 0 unspecified atom stereocenters. The van der Waals surface area contributed by atoms with Crippen molar-refractivity contribution < 1.29 is 33.6 Å². The van der Waals surface area contributed by atoms with Crippen molar-refractivity contribution in [2.45, 2.75) is 13.3 Å². The van der Waals surface area contributed by atoms with Gasteiger partial charge in [0.05, 0.1) is 65.2 Å². The monoisotopic (exact) mass is 384 g/mol. The molecule has 0 heterocycles. The van der Waals surface area contributed by atoms with E-state index in [4.69, 9.17) is 23.7 Å². The van der Waals surface area contributed by atoms with Gasteiger partial charge in [0.2, 0.25) is 0 Å². The lowest BCUT2D eigenvalue weighted by Gasteiger charge is -2.15. The van der Waals surface area contributed by atoms with E-state index in [1.165, 1.54) is 12.3 Å². The Hall–Kier alpha value is -0.300. The van der Waals surface area contributed by atoms with Crippen LogP contribution in [0.1, 0.15) is 13.3 Å². The van der Waals surface area contributed by atoms with Crippen molar-refractivity contribution in [1.82, 2.24) is 0 Å². The SMILES string of the molecule is CC[P+](C)(C)CCOCCOC.COCCOCCOCCC(=O)[O-]. The maximum atomic E-state index is 9.93. The van der Waals surface area contributed by atoms with Crippen LogP contribution < -0.4 is 5.11 Å². The second-order valence-electron chi connectivity index (χ2n) is 5.92. The van der Waals surface area contributed by atoms with Gasteiger partial charge in [-0.2, -0.15) is 0 Å². The molecule has 0 aromatic carbocycles. The summed E-state index contributed by atoms with van der Waals surface area (Å²) in [6.45, 7) is 11.5. The molecule has 0 radical (unpaired) electrons. The van der Waals surface area contributed by atoms with E-state index in [1.807, 2.05) is 0 Å². The Morgan fingerprint density at radius 3 is 1.68 bits per heavy atom. The van der Waals surface area contributed by atoms with Crippen LogP contribution in [0.2, 0.25) is 0 Å². The summed E-state index contributed by atoms with van der Waals surface area (Å²) in [4.78, 5) is 9.93. The van der Waals surface area contributed by atoms with Crippen LogP contribution in [0.5, 0.6) is 0 Å². The van der Waals surface area contributed by atoms with Gasteiger partial charge in [-0.25, -0.2) is 0 Å². The van der Waals surface area contributed by atoms with Crippen molar-refractivity contribution in [3.8, 4) is 0 Å². The number of carbonyl (C=O) groups excluding carboxylic acids is 1. The van der Waals surface area contributed by atoms with E-state index in [1.54, 1.807) is 14.2 Å². The minimum absolute atomic E-state index is 0.0714. The van der Waals surface area contributed by atoms with E-state index >= 15 is 0 Å². The lowest BCUT2D eigenvalue weighted by molar-refractivity contribution is -0.306. The molecule has 0 N–H and O–H groups in total. The number of rotatable bonds is 16. The van der Waals surface area contributed by atoms with Crippen LogP contribution in [0.25, 0.3) is 0 Å². The summed E-state index contributed by atoms with van der Waals surface area (Å²) < 4.78 is 25.1. The highest BCUT2D eigenvalue weighted by Crippen LogP contribution is 2.49. The Bertz CT molecular complexity index is 288.